The first-order chi connectivity index (χ1) is 6.19. The number of carbonyl (C=O) groups excluding carboxylic acids is 1. The third-order valence-electron chi connectivity index (χ3n) is 2.93. The van der Waals surface area contributed by atoms with Crippen molar-refractivity contribution < 1.29 is 4.79 Å². The molecule has 0 spiro atoms. The maximum absolute atomic E-state index is 11.7. The Morgan fingerprint density at radius 2 is 2.23 bits per heavy atom. The minimum Gasteiger partial charge on any atom is -0.328 e. The van der Waals surface area contributed by atoms with E-state index < -0.39 is 0 Å². The Morgan fingerprint density at radius 1 is 1.54 bits per heavy atom. The molecule has 1 atom stereocenters. The van der Waals surface area contributed by atoms with Crippen LogP contribution < -0.4 is 0 Å². The number of hydrogen-bond acceptors (Lipinski definition) is 1. The third kappa shape index (κ3) is 2.36. The Bertz CT molecular complexity index is 182. The maximum atomic E-state index is 11.7. The van der Waals surface area contributed by atoms with Crippen LogP contribution in [0.1, 0.15) is 26.7 Å². The van der Waals surface area contributed by atoms with Gasteiger partial charge in [0.05, 0.1) is 0 Å². The highest BCUT2D eigenvalue weighted by Gasteiger charge is 2.26. The molecule has 13 heavy (non-hydrogen) atoms. The van der Waals surface area contributed by atoms with Gasteiger partial charge in [0.15, 0.2) is 0 Å². The molecule has 1 aliphatic heterocycles. The summed E-state index contributed by atoms with van der Waals surface area (Å²) in [5.74, 6) is 0.731. The first kappa shape index (κ1) is 10.4. The zero-order chi connectivity index (χ0) is 9.84. The molecule has 0 bridgehead atoms. The van der Waals surface area contributed by atoms with Gasteiger partial charge in [-0.1, -0.05) is 13.3 Å². The van der Waals surface area contributed by atoms with Crippen LogP contribution in [-0.2, 0) is 0 Å². The number of hydrogen-bond donors (Lipinski definition) is 0. The Balaban J connectivity index is 2.41. The molecule has 0 aromatic heterocycles. The van der Waals surface area contributed by atoms with E-state index in [4.69, 9.17) is 0 Å². The molecule has 1 saturated heterocycles. The summed E-state index contributed by atoms with van der Waals surface area (Å²) in [6.45, 7) is 6.90. The van der Waals surface area contributed by atoms with Gasteiger partial charge in [0, 0.05) is 26.7 Å². The molecule has 0 saturated carbocycles. The Hall–Kier alpha value is -0.730. The van der Waals surface area contributed by atoms with Crippen LogP contribution in [0.5, 0.6) is 0 Å². The lowest BCUT2D eigenvalue weighted by atomic mass is 10.1. The summed E-state index contributed by atoms with van der Waals surface area (Å²) >= 11 is 0. The summed E-state index contributed by atoms with van der Waals surface area (Å²) in [6.07, 6.45) is 2.37. The zero-order valence-electron chi connectivity index (χ0n) is 8.92. The molecule has 1 heterocycles. The van der Waals surface area contributed by atoms with Crippen LogP contribution >= 0.6 is 0 Å². The minimum absolute atomic E-state index is 0.193. The molecule has 0 aromatic carbocycles. The van der Waals surface area contributed by atoms with Gasteiger partial charge in [-0.05, 0) is 19.3 Å². The fourth-order valence-corrected chi connectivity index (χ4v) is 1.72. The first-order valence-electron chi connectivity index (χ1n) is 5.19. The van der Waals surface area contributed by atoms with Crippen LogP contribution in [0.2, 0.25) is 0 Å². The van der Waals surface area contributed by atoms with E-state index in [0.29, 0.717) is 0 Å². The molecule has 3 heteroatoms. The van der Waals surface area contributed by atoms with E-state index in [1.54, 1.807) is 4.90 Å². The van der Waals surface area contributed by atoms with Gasteiger partial charge in [-0.3, -0.25) is 0 Å². The summed E-state index contributed by atoms with van der Waals surface area (Å²) in [7, 11) is 1.86. The van der Waals surface area contributed by atoms with Crippen molar-refractivity contribution in [2.75, 3.05) is 26.7 Å². The highest BCUT2D eigenvalue weighted by Crippen LogP contribution is 2.19. The van der Waals surface area contributed by atoms with Gasteiger partial charge in [0.1, 0.15) is 0 Å². The lowest BCUT2D eigenvalue weighted by molar-refractivity contribution is 0.173. The molecule has 1 unspecified atom stereocenters. The maximum Gasteiger partial charge on any atom is 0.319 e. The highest BCUT2D eigenvalue weighted by molar-refractivity contribution is 5.74. The van der Waals surface area contributed by atoms with Crippen LogP contribution in [0.4, 0.5) is 4.79 Å². The van der Waals surface area contributed by atoms with E-state index in [-0.39, 0.29) is 6.03 Å². The van der Waals surface area contributed by atoms with Crippen molar-refractivity contribution in [1.29, 1.82) is 0 Å². The molecule has 0 N–H and O–H groups in total. The normalized spacial score (nSPS) is 22.1. The number of nitrogens with zero attached hydrogens (tertiary/aromatic N) is 2. The van der Waals surface area contributed by atoms with Gasteiger partial charge in [-0.15, -0.1) is 0 Å². The van der Waals surface area contributed by atoms with Crippen molar-refractivity contribution in [1.82, 2.24) is 9.80 Å². The molecule has 76 valence electrons. The average molecular weight is 184 g/mol. The largest absolute Gasteiger partial charge is 0.328 e. The highest BCUT2D eigenvalue weighted by atomic mass is 16.2. The van der Waals surface area contributed by atoms with Crippen molar-refractivity contribution in [3.63, 3.8) is 0 Å². The number of carbonyl (C=O) groups is 1. The number of rotatable bonds is 2. The standard InChI is InChI=1S/C10H20N2O/c1-4-9-6-7-12(8-9)10(13)11(3)5-2/h9H,4-8H2,1-3H3. The third-order valence-corrected chi connectivity index (χ3v) is 2.93. The fourth-order valence-electron chi connectivity index (χ4n) is 1.72. The molecule has 0 radical (unpaired) electrons. The molecule has 3 nitrogen and oxygen atoms in total. The fraction of sp³-hybridized carbons (Fsp3) is 0.900. The van der Waals surface area contributed by atoms with Gasteiger partial charge in [0.2, 0.25) is 0 Å². The van der Waals surface area contributed by atoms with Crippen LogP contribution in [0, 0.1) is 5.92 Å². The van der Waals surface area contributed by atoms with E-state index in [9.17, 15) is 4.79 Å². The second-order valence-electron chi connectivity index (χ2n) is 3.81. The minimum atomic E-state index is 0.193. The Morgan fingerprint density at radius 3 is 2.69 bits per heavy atom. The summed E-state index contributed by atoms with van der Waals surface area (Å²) in [4.78, 5) is 15.4. The summed E-state index contributed by atoms with van der Waals surface area (Å²) in [5, 5.41) is 0. The topological polar surface area (TPSA) is 23.6 Å². The van der Waals surface area contributed by atoms with Gasteiger partial charge in [-0.2, -0.15) is 0 Å². The van der Waals surface area contributed by atoms with Crippen LogP contribution in [0.25, 0.3) is 0 Å². The lowest BCUT2D eigenvalue weighted by Crippen LogP contribution is -2.39. The Labute approximate surface area is 80.7 Å². The van der Waals surface area contributed by atoms with E-state index in [0.717, 1.165) is 25.6 Å². The average Bonchev–Trinajstić information content (AvgIpc) is 2.63. The Kier molecular flexibility index (Phi) is 3.58. The van der Waals surface area contributed by atoms with Gasteiger partial charge in [-0.25, -0.2) is 4.79 Å². The van der Waals surface area contributed by atoms with E-state index in [1.807, 2.05) is 18.9 Å². The van der Waals surface area contributed by atoms with Gasteiger partial charge >= 0.3 is 6.03 Å². The number of amides is 2. The SMILES string of the molecule is CCC1CCN(C(=O)N(C)CC)C1. The van der Waals surface area contributed by atoms with Crippen molar-refractivity contribution in [2.24, 2.45) is 5.92 Å². The summed E-state index contributed by atoms with van der Waals surface area (Å²) in [5.41, 5.74) is 0. The predicted molar refractivity (Wildman–Crippen MR) is 53.7 cm³/mol. The monoisotopic (exact) mass is 184 g/mol. The molecule has 0 aliphatic carbocycles. The molecule has 1 rings (SSSR count). The smallest absolute Gasteiger partial charge is 0.319 e. The number of likely N-dealkylation sites (tertiary alicyclic amines) is 1. The van der Waals surface area contributed by atoms with Crippen LogP contribution in [0.3, 0.4) is 0 Å². The number of urea groups is 1. The van der Waals surface area contributed by atoms with Crippen molar-refractivity contribution in [2.45, 2.75) is 26.7 Å². The molecular weight excluding hydrogens is 164 g/mol. The van der Waals surface area contributed by atoms with Crippen LogP contribution in [-0.4, -0.2) is 42.5 Å². The molecule has 0 aromatic rings. The molecular formula is C10H20N2O. The molecule has 1 aliphatic rings. The predicted octanol–water partition coefficient (Wildman–Crippen LogP) is 1.79. The van der Waals surface area contributed by atoms with E-state index >= 15 is 0 Å². The second-order valence-corrected chi connectivity index (χ2v) is 3.81. The van der Waals surface area contributed by atoms with Crippen molar-refractivity contribution in [3.05, 3.63) is 0 Å². The van der Waals surface area contributed by atoms with Crippen molar-refractivity contribution >= 4 is 6.03 Å². The summed E-state index contributed by atoms with van der Waals surface area (Å²) < 4.78 is 0. The van der Waals surface area contributed by atoms with Gasteiger partial charge in [0.25, 0.3) is 0 Å². The summed E-state index contributed by atoms with van der Waals surface area (Å²) in [6, 6.07) is 0.193. The van der Waals surface area contributed by atoms with Crippen LogP contribution in [0.15, 0.2) is 0 Å². The van der Waals surface area contributed by atoms with Gasteiger partial charge < -0.3 is 9.80 Å². The van der Waals surface area contributed by atoms with E-state index in [1.165, 1.54) is 12.8 Å². The quantitative estimate of drug-likeness (QED) is 0.642. The lowest BCUT2D eigenvalue weighted by Gasteiger charge is -2.23. The second kappa shape index (κ2) is 4.49. The van der Waals surface area contributed by atoms with E-state index in [2.05, 4.69) is 6.92 Å². The van der Waals surface area contributed by atoms with Crippen molar-refractivity contribution in [3.8, 4) is 0 Å². The molecule has 2 amide bonds. The molecule has 1 fully saturated rings. The first-order valence-corrected chi connectivity index (χ1v) is 5.19. The zero-order valence-corrected chi connectivity index (χ0v) is 8.92.